The molecule has 0 spiro atoms. The van der Waals surface area contributed by atoms with E-state index in [1.54, 1.807) is 30.6 Å². The van der Waals surface area contributed by atoms with Crippen LogP contribution in [-0.4, -0.2) is 25.8 Å². The molecule has 0 aliphatic heterocycles. The number of carbonyl (C=O) groups excluding carboxylic acids is 1. The van der Waals surface area contributed by atoms with Crippen LogP contribution in [0, 0.1) is 25.7 Å². The molecule has 3 heterocycles. The van der Waals surface area contributed by atoms with Crippen LogP contribution in [0.25, 0.3) is 11.0 Å². The Morgan fingerprint density at radius 1 is 1.19 bits per heavy atom. The monoisotopic (exact) mass is 446 g/mol. The molecule has 3 aromatic heterocycles. The predicted octanol–water partition coefficient (Wildman–Crippen LogP) is 4.18. The average molecular weight is 447 g/mol. The highest BCUT2D eigenvalue weighted by atomic mass is 35.5. The number of amides is 1. The maximum absolute atomic E-state index is 12.6. The van der Waals surface area contributed by atoms with E-state index in [-0.39, 0.29) is 11.7 Å². The predicted molar refractivity (Wildman–Crippen MR) is 127 cm³/mol. The maximum Gasteiger partial charge on any atom is 0.257 e. The van der Waals surface area contributed by atoms with Crippen LogP contribution in [0.4, 0.5) is 5.82 Å². The first-order valence-corrected chi connectivity index (χ1v) is 10.4. The van der Waals surface area contributed by atoms with Gasteiger partial charge in [0.2, 0.25) is 0 Å². The van der Waals surface area contributed by atoms with Crippen LogP contribution >= 0.6 is 11.6 Å². The van der Waals surface area contributed by atoms with Crippen molar-refractivity contribution in [2.24, 2.45) is 0 Å². The van der Waals surface area contributed by atoms with E-state index in [1.165, 1.54) is 6.20 Å². The minimum Gasteiger partial charge on any atom is -0.383 e. The van der Waals surface area contributed by atoms with Gasteiger partial charge >= 0.3 is 0 Å². The fourth-order valence-corrected chi connectivity index (χ4v) is 2.88. The number of nitrogens with one attached hydrogen (secondary N) is 1. The number of fused-ring (bicyclic) bond motifs is 1. The third-order valence-corrected chi connectivity index (χ3v) is 5.08. The molecule has 0 bridgehead atoms. The molecular weight excluding hydrogens is 424 g/mol. The number of pyridine rings is 2. The quantitative estimate of drug-likeness (QED) is 0.459. The van der Waals surface area contributed by atoms with Crippen molar-refractivity contribution in [3.05, 3.63) is 75.6 Å². The van der Waals surface area contributed by atoms with Crippen LogP contribution in [0.2, 0.25) is 0 Å². The van der Waals surface area contributed by atoms with Gasteiger partial charge in [-0.15, -0.1) is 0 Å². The first kappa shape index (κ1) is 22.9. The number of nitrogens with two attached hydrogens (primary N) is 1. The lowest BCUT2D eigenvalue weighted by atomic mass is 10.1. The van der Waals surface area contributed by atoms with Gasteiger partial charge in [-0.2, -0.15) is 0 Å². The second-order valence-corrected chi connectivity index (χ2v) is 7.49. The topological polar surface area (TPSA) is 107 Å². The molecule has 3 aromatic rings. The van der Waals surface area contributed by atoms with Gasteiger partial charge in [-0.1, -0.05) is 36.4 Å². The molecule has 3 N–H and O–H groups in total. The summed E-state index contributed by atoms with van der Waals surface area (Å²) in [7, 11) is 0. The average Bonchev–Trinajstić information content (AvgIpc) is 2.79. The summed E-state index contributed by atoms with van der Waals surface area (Å²) in [6.07, 6.45) is 8.80. The first-order valence-electron chi connectivity index (χ1n) is 10.0. The number of allylic oxidation sites excluding steroid dienone is 3. The number of carbonyl (C=O) groups is 1. The Morgan fingerprint density at radius 3 is 2.66 bits per heavy atom. The second-order valence-electron chi connectivity index (χ2n) is 7.00. The highest BCUT2D eigenvalue weighted by Crippen LogP contribution is 2.20. The van der Waals surface area contributed by atoms with E-state index in [2.05, 4.69) is 37.1 Å². The van der Waals surface area contributed by atoms with Crippen molar-refractivity contribution in [2.45, 2.75) is 34.1 Å². The molecule has 7 nitrogen and oxygen atoms in total. The Kier molecular flexibility index (Phi) is 7.18. The lowest BCUT2D eigenvalue weighted by molar-refractivity contribution is 0.0966. The molecule has 162 valence electrons. The SMILES string of the molecule is C/C=C(\C=C(\Cl)CC)NC(=O)c1cncc(C#Cc2c(N)ncc3nc(C)c(C)nc23)c1. The van der Waals surface area contributed by atoms with Gasteiger partial charge < -0.3 is 11.1 Å². The number of rotatable bonds is 4. The molecule has 0 saturated heterocycles. The summed E-state index contributed by atoms with van der Waals surface area (Å²) in [6.45, 7) is 7.52. The fourth-order valence-electron chi connectivity index (χ4n) is 2.77. The Balaban J connectivity index is 1.92. The number of nitrogens with zero attached hydrogens (tertiary/aromatic N) is 4. The molecule has 0 atom stereocenters. The van der Waals surface area contributed by atoms with Gasteiger partial charge in [0, 0.05) is 28.7 Å². The van der Waals surface area contributed by atoms with E-state index >= 15 is 0 Å². The van der Waals surface area contributed by atoms with Crippen molar-refractivity contribution in [3.63, 3.8) is 0 Å². The van der Waals surface area contributed by atoms with Crippen LogP contribution in [0.1, 0.15) is 53.1 Å². The number of hydrogen-bond acceptors (Lipinski definition) is 6. The number of aromatic nitrogens is 4. The van der Waals surface area contributed by atoms with Crippen molar-refractivity contribution in [1.82, 2.24) is 25.3 Å². The number of anilines is 1. The van der Waals surface area contributed by atoms with Gasteiger partial charge in [-0.05, 0) is 39.3 Å². The Labute approximate surface area is 191 Å². The molecule has 0 fully saturated rings. The molecule has 32 heavy (non-hydrogen) atoms. The molecule has 8 heteroatoms. The summed E-state index contributed by atoms with van der Waals surface area (Å²) in [5, 5.41) is 3.46. The number of nitrogen functional groups attached to an aromatic ring is 1. The minimum atomic E-state index is -0.311. The van der Waals surface area contributed by atoms with Crippen molar-refractivity contribution >= 4 is 34.4 Å². The van der Waals surface area contributed by atoms with Crippen molar-refractivity contribution in [1.29, 1.82) is 0 Å². The summed E-state index contributed by atoms with van der Waals surface area (Å²) in [5.41, 5.74) is 10.9. The van der Waals surface area contributed by atoms with Gasteiger partial charge in [0.25, 0.3) is 5.91 Å². The third kappa shape index (κ3) is 5.29. The van der Waals surface area contributed by atoms with Crippen LogP contribution in [-0.2, 0) is 0 Å². The summed E-state index contributed by atoms with van der Waals surface area (Å²) in [6, 6.07) is 1.66. The zero-order valence-electron chi connectivity index (χ0n) is 18.3. The van der Waals surface area contributed by atoms with Gasteiger partial charge in [-0.25, -0.2) is 15.0 Å². The van der Waals surface area contributed by atoms with Crippen molar-refractivity contribution < 1.29 is 4.79 Å². The van der Waals surface area contributed by atoms with Gasteiger partial charge in [0.1, 0.15) is 16.9 Å². The molecule has 0 aliphatic rings. The third-order valence-electron chi connectivity index (χ3n) is 4.70. The first-order chi connectivity index (χ1) is 15.3. The fraction of sp³-hybridized carbons (Fsp3) is 0.208. The van der Waals surface area contributed by atoms with Crippen LogP contribution in [0.3, 0.4) is 0 Å². The summed E-state index contributed by atoms with van der Waals surface area (Å²) >= 11 is 6.08. The normalized spacial score (nSPS) is 11.8. The lowest BCUT2D eigenvalue weighted by Gasteiger charge is -2.07. The minimum absolute atomic E-state index is 0.265. The van der Waals surface area contributed by atoms with E-state index < -0.39 is 0 Å². The zero-order valence-corrected chi connectivity index (χ0v) is 19.1. The van der Waals surface area contributed by atoms with Crippen molar-refractivity contribution in [2.75, 3.05) is 5.73 Å². The lowest BCUT2D eigenvalue weighted by Crippen LogP contribution is -2.22. The molecule has 0 aliphatic carbocycles. The second kappa shape index (κ2) is 10.0. The summed E-state index contributed by atoms with van der Waals surface area (Å²) in [5.74, 6) is 5.98. The smallest absolute Gasteiger partial charge is 0.257 e. The van der Waals surface area contributed by atoms with E-state index in [1.807, 2.05) is 27.7 Å². The Morgan fingerprint density at radius 2 is 1.94 bits per heavy atom. The maximum atomic E-state index is 12.6. The molecular formula is C24H23ClN6O. The van der Waals surface area contributed by atoms with Crippen molar-refractivity contribution in [3.8, 4) is 11.8 Å². The largest absolute Gasteiger partial charge is 0.383 e. The standard InChI is InChI=1S/C24H23ClN6O/c1-5-18(25)10-19(6-2)31-24(32)17-9-16(11-27-12-17)7-8-20-22-21(13-28-23(20)26)29-14(3)15(4)30-22/h6,9-13H,5H2,1-4H3,(H2,26,28)(H,31,32)/b18-10+,19-6+. The number of halogens is 1. The molecule has 0 aromatic carbocycles. The van der Waals surface area contributed by atoms with E-state index in [9.17, 15) is 4.79 Å². The van der Waals surface area contributed by atoms with E-state index in [0.717, 1.165) is 11.4 Å². The zero-order chi connectivity index (χ0) is 23.3. The highest BCUT2D eigenvalue weighted by Gasteiger charge is 2.11. The molecule has 3 rings (SSSR count). The van der Waals surface area contributed by atoms with E-state index in [0.29, 0.717) is 44.9 Å². The Bertz CT molecular complexity index is 1320. The molecule has 0 radical (unpaired) electrons. The summed E-state index contributed by atoms with van der Waals surface area (Å²) in [4.78, 5) is 30.0. The van der Waals surface area contributed by atoms with Crippen LogP contribution in [0.5, 0.6) is 0 Å². The van der Waals surface area contributed by atoms with Gasteiger partial charge in [0.15, 0.2) is 0 Å². The molecule has 0 unspecified atom stereocenters. The van der Waals surface area contributed by atoms with Crippen LogP contribution in [0.15, 0.2) is 47.5 Å². The van der Waals surface area contributed by atoms with E-state index in [4.69, 9.17) is 17.3 Å². The summed E-state index contributed by atoms with van der Waals surface area (Å²) < 4.78 is 0. The Hall–Kier alpha value is -3.76. The number of aryl methyl sites for hydroxylation is 2. The van der Waals surface area contributed by atoms with Crippen LogP contribution < -0.4 is 11.1 Å². The van der Waals surface area contributed by atoms with Gasteiger partial charge in [-0.3, -0.25) is 9.78 Å². The molecule has 0 saturated carbocycles. The molecule has 1 amide bonds. The number of hydrogen-bond donors (Lipinski definition) is 2. The highest BCUT2D eigenvalue weighted by molar-refractivity contribution is 6.29. The van der Waals surface area contributed by atoms with Gasteiger partial charge in [0.05, 0.1) is 28.7 Å².